The van der Waals surface area contributed by atoms with Gasteiger partial charge in [0, 0.05) is 10.5 Å². The molecule has 1 aliphatic rings. The average Bonchev–Trinajstić information content (AvgIpc) is 2.91. The Hall–Kier alpha value is -1.36. The van der Waals surface area contributed by atoms with Crippen molar-refractivity contribution in [1.82, 2.24) is 5.32 Å². The van der Waals surface area contributed by atoms with E-state index in [1.165, 1.54) is 19.8 Å². The Morgan fingerprint density at radius 1 is 1.33 bits per heavy atom. The van der Waals surface area contributed by atoms with Gasteiger partial charge in [-0.1, -0.05) is 28.8 Å². The molecule has 0 aliphatic heterocycles. The third kappa shape index (κ3) is 4.30. The molecule has 1 aromatic rings. The normalized spacial score (nSPS) is 16.5. The summed E-state index contributed by atoms with van der Waals surface area (Å²) in [6.07, 6.45) is 3.78. The molecule has 21 heavy (non-hydrogen) atoms. The highest BCUT2D eigenvalue weighted by Crippen LogP contribution is 2.25. The number of benzene rings is 1. The zero-order valence-corrected chi connectivity index (χ0v) is 13.9. The van der Waals surface area contributed by atoms with Gasteiger partial charge < -0.3 is 10.1 Å². The molecule has 1 atom stereocenters. The first-order valence-corrected chi connectivity index (χ1v) is 8.04. The minimum Gasteiger partial charge on any atom is -0.480 e. The zero-order chi connectivity index (χ0) is 15.4. The molecule has 1 N–H and O–H groups in total. The van der Waals surface area contributed by atoms with Crippen molar-refractivity contribution >= 4 is 27.6 Å². The molecule has 1 saturated carbocycles. The van der Waals surface area contributed by atoms with Crippen molar-refractivity contribution in [3.63, 3.8) is 0 Å². The second kappa shape index (κ2) is 7.07. The monoisotopic (exact) mass is 353 g/mol. The van der Waals surface area contributed by atoms with Crippen LogP contribution in [0.25, 0.3) is 0 Å². The number of amides is 1. The van der Waals surface area contributed by atoms with Crippen LogP contribution in [0.4, 0.5) is 0 Å². The Labute approximate surface area is 133 Å². The van der Waals surface area contributed by atoms with E-state index in [4.69, 9.17) is 4.74 Å². The van der Waals surface area contributed by atoms with Gasteiger partial charge in [0.05, 0.1) is 5.56 Å². The van der Waals surface area contributed by atoms with Gasteiger partial charge in [0.15, 0.2) is 11.9 Å². The number of hydrogen-bond acceptors (Lipinski definition) is 3. The van der Waals surface area contributed by atoms with Gasteiger partial charge in [0.25, 0.3) is 5.91 Å². The molecule has 0 aromatic heterocycles. The summed E-state index contributed by atoms with van der Waals surface area (Å²) in [5, 5.41) is 3.00. The zero-order valence-electron chi connectivity index (χ0n) is 12.3. The molecule has 114 valence electrons. The van der Waals surface area contributed by atoms with Crippen molar-refractivity contribution in [2.75, 3.05) is 0 Å². The van der Waals surface area contributed by atoms with Gasteiger partial charge in [-0.05, 0) is 44.9 Å². The van der Waals surface area contributed by atoms with Crippen molar-refractivity contribution in [3.8, 4) is 5.75 Å². The number of carbonyl (C=O) groups excluding carboxylic acids is 2. The summed E-state index contributed by atoms with van der Waals surface area (Å²) in [5.74, 6) is 0.225. The minimum absolute atomic E-state index is 0.0825. The molecule has 0 heterocycles. The Morgan fingerprint density at radius 3 is 2.62 bits per heavy atom. The van der Waals surface area contributed by atoms with Crippen LogP contribution in [0.2, 0.25) is 0 Å². The molecule has 1 aliphatic carbocycles. The van der Waals surface area contributed by atoms with Gasteiger partial charge in [-0.3, -0.25) is 9.59 Å². The van der Waals surface area contributed by atoms with E-state index >= 15 is 0 Å². The average molecular weight is 354 g/mol. The lowest BCUT2D eigenvalue weighted by molar-refractivity contribution is -0.128. The van der Waals surface area contributed by atoms with Crippen molar-refractivity contribution in [2.24, 2.45) is 0 Å². The van der Waals surface area contributed by atoms with Crippen LogP contribution in [-0.4, -0.2) is 23.8 Å². The number of carbonyl (C=O) groups is 2. The van der Waals surface area contributed by atoms with Crippen molar-refractivity contribution in [2.45, 2.75) is 51.7 Å². The Balaban J connectivity index is 2.04. The summed E-state index contributed by atoms with van der Waals surface area (Å²) < 4.78 is 6.51. The van der Waals surface area contributed by atoms with Crippen molar-refractivity contribution in [1.29, 1.82) is 0 Å². The predicted molar refractivity (Wildman–Crippen MR) is 84.6 cm³/mol. The molecule has 4 nitrogen and oxygen atoms in total. The molecule has 1 fully saturated rings. The molecule has 5 heteroatoms. The lowest BCUT2D eigenvalue weighted by Crippen LogP contribution is -2.41. The predicted octanol–water partition coefficient (Wildman–Crippen LogP) is 3.48. The lowest BCUT2D eigenvalue weighted by Gasteiger charge is -2.19. The van der Waals surface area contributed by atoms with Crippen LogP contribution < -0.4 is 10.1 Å². The van der Waals surface area contributed by atoms with Gasteiger partial charge in [0.2, 0.25) is 0 Å². The maximum atomic E-state index is 12.1. The van der Waals surface area contributed by atoms with E-state index in [9.17, 15) is 9.59 Å². The maximum Gasteiger partial charge on any atom is 0.260 e. The summed E-state index contributed by atoms with van der Waals surface area (Å²) in [4.78, 5) is 23.7. The van der Waals surface area contributed by atoms with Crippen LogP contribution in [0, 0.1) is 0 Å². The summed E-state index contributed by atoms with van der Waals surface area (Å²) in [5.41, 5.74) is 0.485. The van der Waals surface area contributed by atoms with Crippen molar-refractivity contribution in [3.05, 3.63) is 28.2 Å². The SMILES string of the molecule is CC(=O)c1ccc(Br)cc1OC(C)C(=O)NC1CCCC1. The first kappa shape index (κ1) is 16.0. The van der Waals surface area contributed by atoms with E-state index in [0.29, 0.717) is 11.3 Å². The summed E-state index contributed by atoms with van der Waals surface area (Å²) in [6.45, 7) is 3.19. The summed E-state index contributed by atoms with van der Waals surface area (Å²) in [6, 6.07) is 5.46. The first-order chi connectivity index (χ1) is 9.97. The number of Topliss-reactive ketones (excluding diaryl/α,β-unsaturated/α-hetero) is 1. The molecule has 1 unspecified atom stereocenters. The highest BCUT2D eigenvalue weighted by molar-refractivity contribution is 9.10. The van der Waals surface area contributed by atoms with E-state index in [2.05, 4.69) is 21.2 Å². The van der Waals surface area contributed by atoms with Crippen LogP contribution in [0.3, 0.4) is 0 Å². The summed E-state index contributed by atoms with van der Waals surface area (Å²) >= 11 is 3.35. The van der Waals surface area contributed by atoms with Crippen LogP contribution in [0.5, 0.6) is 5.75 Å². The second-order valence-corrected chi connectivity index (χ2v) is 6.36. The molecular weight excluding hydrogens is 334 g/mol. The smallest absolute Gasteiger partial charge is 0.260 e. The van der Waals surface area contributed by atoms with Crippen LogP contribution in [-0.2, 0) is 4.79 Å². The quantitative estimate of drug-likeness (QED) is 0.824. The third-order valence-electron chi connectivity index (χ3n) is 3.70. The lowest BCUT2D eigenvalue weighted by atomic mass is 10.1. The highest BCUT2D eigenvalue weighted by atomic mass is 79.9. The van der Waals surface area contributed by atoms with E-state index in [1.54, 1.807) is 25.1 Å². The molecule has 1 aromatic carbocycles. The Morgan fingerprint density at radius 2 is 2.00 bits per heavy atom. The number of nitrogens with one attached hydrogen (secondary N) is 1. The number of hydrogen-bond donors (Lipinski definition) is 1. The van der Waals surface area contributed by atoms with E-state index < -0.39 is 6.10 Å². The van der Waals surface area contributed by atoms with E-state index in [-0.39, 0.29) is 17.7 Å². The molecule has 2 rings (SSSR count). The van der Waals surface area contributed by atoms with Gasteiger partial charge in [0.1, 0.15) is 5.75 Å². The fourth-order valence-electron chi connectivity index (χ4n) is 2.52. The number of ether oxygens (including phenoxy) is 1. The van der Waals surface area contributed by atoms with E-state index in [1.807, 2.05) is 0 Å². The molecule has 0 radical (unpaired) electrons. The largest absolute Gasteiger partial charge is 0.480 e. The highest BCUT2D eigenvalue weighted by Gasteiger charge is 2.22. The minimum atomic E-state index is -0.627. The molecule has 1 amide bonds. The second-order valence-electron chi connectivity index (χ2n) is 5.45. The number of rotatable bonds is 5. The number of halogens is 1. The fraction of sp³-hybridized carbons (Fsp3) is 0.500. The third-order valence-corrected chi connectivity index (χ3v) is 4.19. The van der Waals surface area contributed by atoms with E-state index in [0.717, 1.165) is 17.3 Å². The summed E-state index contributed by atoms with van der Waals surface area (Å²) in [7, 11) is 0. The maximum absolute atomic E-state index is 12.1. The van der Waals surface area contributed by atoms with Gasteiger partial charge in [-0.2, -0.15) is 0 Å². The fourth-order valence-corrected chi connectivity index (χ4v) is 2.86. The first-order valence-electron chi connectivity index (χ1n) is 7.25. The number of ketones is 1. The van der Waals surface area contributed by atoms with Gasteiger partial charge in [-0.15, -0.1) is 0 Å². The van der Waals surface area contributed by atoms with Crippen molar-refractivity contribution < 1.29 is 14.3 Å². The molecule has 0 spiro atoms. The van der Waals surface area contributed by atoms with Gasteiger partial charge >= 0.3 is 0 Å². The van der Waals surface area contributed by atoms with Gasteiger partial charge in [-0.25, -0.2) is 0 Å². The molecular formula is C16H20BrNO3. The topological polar surface area (TPSA) is 55.4 Å². The molecule has 0 bridgehead atoms. The van der Waals surface area contributed by atoms with Crippen LogP contribution in [0.15, 0.2) is 22.7 Å². The molecule has 0 saturated heterocycles. The standard InChI is InChI=1S/C16H20BrNO3/c1-10(19)14-8-7-12(17)9-15(14)21-11(2)16(20)18-13-5-3-4-6-13/h7-9,11,13H,3-6H2,1-2H3,(H,18,20). The Kier molecular flexibility index (Phi) is 5.39. The Bertz CT molecular complexity index is 538. The van der Waals surface area contributed by atoms with Crippen LogP contribution in [0.1, 0.15) is 49.9 Å². The van der Waals surface area contributed by atoms with Crippen LogP contribution >= 0.6 is 15.9 Å².